The maximum Gasteiger partial charge on any atom is 0.244 e. The van der Waals surface area contributed by atoms with Crippen molar-refractivity contribution in [2.24, 2.45) is 16.7 Å². The van der Waals surface area contributed by atoms with E-state index in [-0.39, 0.29) is 26.3 Å². The Bertz CT molecular complexity index is 1170. The molecule has 2 saturated heterocycles. The van der Waals surface area contributed by atoms with E-state index in [1.54, 1.807) is 6.20 Å². The first-order chi connectivity index (χ1) is 19.0. The van der Waals surface area contributed by atoms with Gasteiger partial charge in [0.05, 0.1) is 6.04 Å². The number of rotatable bonds is 8. The lowest BCUT2D eigenvalue weighted by Crippen LogP contribution is -2.65. The van der Waals surface area contributed by atoms with Gasteiger partial charge in [-0.2, -0.15) is 5.10 Å². The molecule has 39 heavy (non-hydrogen) atoms. The third-order valence-electron chi connectivity index (χ3n) is 10.3. The molecule has 2 aromatic heterocycles. The molecular weight excluding hydrogens is 510 g/mol. The summed E-state index contributed by atoms with van der Waals surface area (Å²) in [6.07, 6.45) is 11.8. The first-order valence-corrected chi connectivity index (χ1v) is 15.7. The van der Waals surface area contributed by atoms with Crippen LogP contribution in [0.1, 0.15) is 61.1 Å². The predicted octanol–water partition coefficient (Wildman–Crippen LogP) is 3.82. The minimum Gasteiger partial charge on any atom is -0.355 e. The van der Waals surface area contributed by atoms with Crippen molar-refractivity contribution in [3.8, 4) is 0 Å². The van der Waals surface area contributed by atoms with Gasteiger partial charge in [-0.1, -0.05) is 24.7 Å². The van der Waals surface area contributed by atoms with Crippen molar-refractivity contribution in [2.75, 3.05) is 61.3 Å². The van der Waals surface area contributed by atoms with Crippen LogP contribution in [0.3, 0.4) is 0 Å². The number of anilines is 3. The second-order valence-corrected chi connectivity index (χ2v) is 13.8. The number of carbonyl (C=O) groups is 1. The van der Waals surface area contributed by atoms with Gasteiger partial charge < -0.3 is 15.1 Å². The lowest BCUT2D eigenvalue weighted by Gasteiger charge is -2.66. The molecule has 4 heterocycles. The summed E-state index contributed by atoms with van der Waals surface area (Å²) in [5.41, 5.74) is 0.628. The third kappa shape index (κ3) is 4.91. The number of hydrogen-bond donors (Lipinski definition) is 2. The quantitative estimate of drug-likeness (QED) is 0.503. The Labute approximate surface area is 237 Å². The summed E-state index contributed by atoms with van der Waals surface area (Å²) in [5, 5.41) is 25.2. The highest BCUT2D eigenvalue weighted by molar-refractivity contribution is 7.19. The molecule has 8 rings (SSSR count). The van der Waals surface area contributed by atoms with Gasteiger partial charge in [0, 0.05) is 54.4 Å². The molecule has 3 bridgehead atoms. The monoisotopic (exact) mass is 555 g/mol. The normalized spacial score (nSPS) is 33.4. The molecule has 6 aliphatic rings. The first-order valence-electron chi connectivity index (χ1n) is 14.9. The summed E-state index contributed by atoms with van der Waals surface area (Å²) in [5.74, 6) is 1.86. The SMILES string of the molecule is CCN1CCN(C(C(=O)Nc2nnc(N[C@@H]3CCN(c4cccnn4)C3)s2)C23CCCC4(CC(C4)C2)C3)CC1.[HH].[HH]. The van der Waals surface area contributed by atoms with Crippen molar-refractivity contribution in [1.29, 1.82) is 0 Å². The van der Waals surface area contributed by atoms with E-state index in [1.807, 2.05) is 12.1 Å². The number of nitrogens with one attached hydrogen (secondary N) is 2. The van der Waals surface area contributed by atoms with Gasteiger partial charge in [0.2, 0.25) is 16.2 Å². The van der Waals surface area contributed by atoms with E-state index in [2.05, 4.69) is 52.7 Å². The van der Waals surface area contributed by atoms with Crippen LogP contribution in [0.2, 0.25) is 0 Å². The average molecular weight is 556 g/mol. The minimum atomic E-state index is -0.0741. The Hall–Kier alpha value is -2.37. The van der Waals surface area contributed by atoms with Crippen LogP contribution >= 0.6 is 11.3 Å². The fraction of sp³-hybridized carbons (Fsp3) is 0.750. The fourth-order valence-electron chi connectivity index (χ4n) is 8.89. The number of aromatic nitrogens is 4. The van der Waals surface area contributed by atoms with Crippen molar-refractivity contribution >= 4 is 33.3 Å². The van der Waals surface area contributed by atoms with E-state index in [0.717, 1.165) is 69.1 Å². The van der Waals surface area contributed by atoms with Crippen molar-refractivity contribution in [2.45, 2.75) is 70.4 Å². The number of hydrogen-bond acceptors (Lipinski definition) is 10. The summed E-state index contributed by atoms with van der Waals surface area (Å²) < 4.78 is 0. The van der Waals surface area contributed by atoms with Crippen molar-refractivity contribution < 1.29 is 7.65 Å². The molecule has 4 saturated carbocycles. The molecule has 3 atom stereocenters. The van der Waals surface area contributed by atoms with Crippen molar-refractivity contribution in [3.05, 3.63) is 18.3 Å². The van der Waals surface area contributed by atoms with Crippen molar-refractivity contribution in [1.82, 2.24) is 30.2 Å². The topological polar surface area (TPSA) is 102 Å². The Kier molecular flexibility index (Phi) is 6.71. The number of amides is 1. The van der Waals surface area contributed by atoms with Crippen LogP contribution in [0, 0.1) is 16.7 Å². The molecule has 10 nitrogen and oxygen atoms in total. The Morgan fingerprint density at radius 1 is 1.13 bits per heavy atom. The van der Waals surface area contributed by atoms with Gasteiger partial charge in [0.25, 0.3) is 0 Å². The summed E-state index contributed by atoms with van der Waals surface area (Å²) in [6.45, 7) is 9.12. The van der Waals surface area contributed by atoms with Crippen molar-refractivity contribution in [3.63, 3.8) is 0 Å². The van der Waals surface area contributed by atoms with Crippen LogP contribution in [0.15, 0.2) is 18.3 Å². The molecule has 2 N–H and O–H groups in total. The molecule has 214 valence electrons. The highest BCUT2D eigenvalue weighted by atomic mass is 32.1. The van der Waals surface area contributed by atoms with Gasteiger partial charge in [-0.3, -0.25) is 15.0 Å². The van der Waals surface area contributed by atoms with Crippen LogP contribution in [0.4, 0.5) is 16.1 Å². The largest absolute Gasteiger partial charge is 0.355 e. The first kappa shape index (κ1) is 25.6. The van der Waals surface area contributed by atoms with Crippen LogP contribution in [-0.4, -0.2) is 94.0 Å². The van der Waals surface area contributed by atoms with Gasteiger partial charge in [0.1, 0.15) is 0 Å². The fourth-order valence-corrected chi connectivity index (χ4v) is 9.61. The Morgan fingerprint density at radius 2 is 1.97 bits per heavy atom. The molecule has 2 unspecified atom stereocenters. The average Bonchev–Trinajstić information content (AvgIpc) is 3.58. The second kappa shape index (κ2) is 10.2. The van der Waals surface area contributed by atoms with E-state index < -0.39 is 0 Å². The molecule has 2 aromatic rings. The van der Waals surface area contributed by atoms with Gasteiger partial charge >= 0.3 is 0 Å². The van der Waals surface area contributed by atoms with E-state index in [9.17, 15) is 4.79 Å². The predicted molar refractivity (Wildman–Crippen MR) is 157 cm³/mol. The molecule has 0 radical (unpaired) electrons. The van der Waals surface area contributed by atoms with Crippen LogP contribution in [0.25, 0.3) is 0 Å². The molecule has 4 aliphatic carbocycles. The molecule has 2 aliphatic heterocycles. The Balaban J connectivity index is 0.00000169. The molecule has 1 spiro atoms. The lowest BCUT2D eigenvalue weighted by molar-refractivity contribution is -0.165. The molecule has 6 fully saturated rings. The maximum absolute atomic E-state index is 14.2. The van der Waals surface area contributed by atoms with Crippen LogP contribution in [0.5, 0.6) is 0 Å². The number of piperazine rings is 1. The Morgan fingerprint density at radius 3 is 2.77 bits per heavy atom. The minimum absolute atomic E-state index is 0. The number of likely N-dealkylation sites (N-methyl/N-ethyl adjacent to an activating group) is 1. The number of nitrogens with zero attached hydrogens (tertiary/aromatic N) is 7. The molecule has 11 heteroatoms. The zero-order valence-corrected chi connectivity index (χ0v) is 23.8. The molecule has 1 amide bonds. The standard InChI is InChI=1S/C28H41N9OS.2H2/c1-2-35-11-13-36(14-12-35)23(28-8-4-7-27(19-28)15-20(16-27)17-28)24(38)31-26-34-33-25(39-26)30-21-6-10-37(18-21)22-5-3-9-29-32-22;;/h3,5,9,20-21,23H,2,4,6-8,10-19H2,1H3,(H,30,33)(H,31,34,38);2*1H/t20?,21-,23?,27?,28?;;/m1../s1. The zero-order chi connectivity index (χ0) is 26.5. The summed E-state index contributed by atoms with van der Waals surface area (Å²) in [7, 11) is 0. The van der Waals surface area contributed by atoms with E-state index >= 15 is 0 Å². The van der Waals surface area contributed by atoms with E-state index in [4.69, 9.17) is 0 Å². The van der Waals surface area contributed by atoms with E-state index in [1.165, 1.54) is 56.3 Å². The lowest BCUT2D eigenvalue weighted by atomic mass is 9.41. The van der Waals surface area contributed by atoms with Crippen LogP contribution in [-0.2, 0) is 4.79 Å². The third-order valence-corrected chi connectivity index (χ3v) is 11.1. The van der Waals surface area contributed by atoms with Gasteiger partial charge in [-0.25, -0.2) is 0 Å². The summed E-state index contributed by atoms with van der Waals surface area (Å²) >= 11 is 1.45. The summed E-state index contributed by atoms with van der Waals surface area (Å²) in [6, 6.07) is 4.10. The molecule has 0 aromatic carbocycles. The highest BCUT2D eigenvalue weighted by Gasteiger charge is 2.62. The highest BCUT2D eigenvalue weighted by Crippen LogP contribution is 2.69. The molecular formula is C28H45N9OS. The summed E-state index contributed by atoms with van der Waals surface area (Å²) in [4.78, 5) is 21.4. The second-order valence-electron chi connectivity index (χ2n) is 12.8. The number of carbonyl (C=O) groups excluding carboxylic acids is 1. The zero-order valence-electron chi connectivity index (χ0n) is 23.0. The van der Waals surface area contributed by atoms with Gasteiger partial charge in [-0.15, -0.1) is 15.3 Å². The van der Waals surface area contributed by atoms with E-state index in [0.29, 0.717) is 10.5 Å². The maximum atomic E-state index is 14.2. The van der Waals surface area contributed by atoms with Gasteiger partial charge in [0.15, 0.2) is 5.82 Å². The smallest absolute Gasteiger partial charge is 0.244 e. The van der Waals surface area contributed by atoms with Gasteiger partial charge in [-0.05, 0) is 80.4 Å². The van der Waals surface area contributed by atoms with Crippen LogP contribution < -0.4 is 15.5 Å².